The molecule has 24 heavy (non-hydrogen) atoms. The standard InChI is InChI=1S/C17H30N4O2.HI/c1-4-7-12-23-16-15(9-8-10-19-16)14-21-17(18-5-2)20-11-13-22-6-3;/h8-10H,4-7,11-14H2,1-3H3,(H2,18,20,21);1H. The Morgan fingerprint density at radius 2 is 2.04 bits per heavy atom. The number of hydrogen-bond acceptors (Lipinski definition) is 4. The summed E-state index contributed by atoms with van der Waals surface area (Å²) in [7, 11) is 0. The molecule has 0 bridgehead atoms. The third-order valence-electron chi connectivity index (χ3n) is 3.08. The van der Waals surface area contributed by atoms with Crippen molar-refractivity contribution in [1.29, 1.82) is 0 Å². The number of unbranched alkanes of at least 4 members (excludes halogenated alkanes) is 1. The zero-order chi connectivity index (χ0) is 16.8. The molecule has 0 saturated heterocycles. The molecule has 0 spiro atoms. The molecule has 7 heteroatoms. The number of ether oxygens (including phenoxy) is 2. The highest BCUT2D eigenvalue weighted by Crippen LogP contribution is 2.15. The van der Waals surface area contributed by atoms with E-state index in [1.807, 2.05) is 26.0 Å². The second-order valence-corrected chi connectivity index (χ2v) is 4.99. The first kappa shape index (κ1) is 22.9. The lowest BCUT2D eigenvalue weighted by molar-refractivity contribution is 0.152. The highest BCUT2D eigenvalue weighted by molar-refractivity contribution is 14.0. The van der Waals surface area contributed by atoms with Crippen molar-refractivity contribution >= 4 is 29.9 Å². The Morgan fingerprint density at radius 1 is 1.21 bits per heavy atom. The molecule has 138 valence electrons. The lowest BCUT2D eigenvalue weighted by Gasteiger charge is -2.12. The number of pyridine rings is 1. The number of nitrogens with zero attached hydrogens (tertiary/aromatic N) is 2. The van der Waals surface area contributed by atoms with Gasteiger partial charge in [-0.05, 0) is 26.3 Å². The quantitative estimate of drug-likeness (QED) is 0.235. The van der Waals surface area contributed by atoms with Gasteiger partial charge in [-0.2, -0.15) is 0 Å². The van der Waals surface area contributed by atoms with Gasteiger partial charge >= 0.3 is 0 Å². The van der Waals surface area contributed by atoms with Gasteiger partial charge < -0.3 is 20.1 Å². The van der Waals surface area contributed by atoms with Gasteiger partial charge in [0.1, 0.15) is 0 Å². The first-order valence-electron chi connectivity index (χ1n) is 8.48. The molecule has 1 aromatic rings. The molecule has 0 unspecified atom stereocenters. The number of aromatic nitrogens is 1. The Labute approximate surface area is 162 Å². The molecule has 0 aliphatic rings. The summed E-state index contributed by atoms with van der Waals surface area (Å²) in [6.45, 7) is 10.3. The summed E-state index contributed by atoms with van der Waals surface area (Å²) < 4.78 is 11.1. The molecular weight excluding hydrogens is 419 g/mol. The van der Waals surface area contributed by atoms with Crippen LogP contribution in [0.25, 0.3) is 0 Å². The predicted molar refractivity (Wildman–Crippen MR) is 109 cm³/mol. The Hall–Kier alpha value is -1.09. The fourth-order valence-electron chi connectivity index (χ4n) is 1.88. The van der Waals surface area contributed by atoms with Crippen molar-refractivity contribution in [3.05, 3.63) is 23.9 Å². The normalized spacial score (nSPS) is 10.9. The van der Waals surface area contributed by atoms with Crippen LogP contribution in [0.1, 0.15) is 39.2 Å². The summed E-state index contributed by atoms with van der Waals surface area (Å²) >= 11 is 0. The van der Waals surface area contributed by atoms with E-state index in [2.05, 4.69) is 27.5 Å². The van der Waals surface area contributed by atoms with Gasteiger partial charge in [-0.1, -0.05) is 19.4 Å². The molecule has 0 atom stereocenters. The summed E-state index contributed by atoms with van der Waals surface area (Å²) in [5.74, 6) is 1.45. The van der Waals surface area contributed by atoms with Crippen molar-refractivity contribution in [3.8, 4) is 5.88 Å². The van der Waals surface area contributed by atoms with E-state index in [0.717, 1.165) is 44.1 Å². The largest absolute Gasteiger partial charge is 0.477 e. The van der Waals surface area contributed by atoms with E-state index in [-0.39, 0.29) is 24.0 Å². The zero-order valence-corrected chi connectivity index (χ0v) is 17.3. The molecule has 1 heterocycles. The molecule has 0 fully saturated rings. The first-order chi connectivity index (χ1) is 11.3. The molecule has 0 aromatic carbocycles. The Balaban J connectivity index is 0.00000529. The van der Waals surface area contributed by atoms with Crippen LogP contribution in [0.2, 0.25) is 0 Å². The van der Waals surface area contributed by atoms with Gasteiger partial charge in [-0.15, -0.1) is 24.0 Å². The number of guanidine groups is 1. The number of hydrogen-bond donors (Lipinski definition) is 2. The highest BCUT2D eigenvalue weighted by Gasteiger charge is 2.05. The summed E-state index contributed by atoms with van der Waals surface area (Å²) in [5, 5.41) is 6.47. The molecule has 0 amide bonds. The summed E-state index contributed by atoms with van der Waals surface area (Å²) in [6, 6.07) is 3.91. The van der Waals surface area contributed by atoms with Gasteiger partial charge in [-0.25, -0.2) is 9.98 Å². The van der Waals surface area contributed by atoms with Crippen LogP contribution in [0, 0.1) is 0 Å². The minimum Gasteiger partial charge on any atom is -0.477 e. The molecule has 0 radical (unpaired) electrons. The molecule has 0 aliphatic carbocycles. The number of aliphatic imine (C=N–C) groups is 1. The molecule has 1 aromatic heterocycles. The average Bonchev–Trinajstić information content (AvgIpc) is 2.57. The summed E-state index contributed by atoms with van der Waals surface area (Å²) in [4.78, 5) is 8.90. The maximum Gasteiger partial charge on any atom is 0.218 e. The van der Waals surface area contributed by atoms with Crippen molar-refractivity contribution in [2.45, 2.75) is 40.2 Å². The van der Waals surface area contributed by atoms with E-state index in [0.29, 0.717) is 25.6 Å². The van der Waals surface area contributed by atoms with Crippen molar-refractivity contribution in [2.75, 3.05) is 32.9 Å². The van der Waals surface area contributed by atoms with Crippen molar-refractivity contribution < 1.29 is 9.47 Å². The van der Waals surface area contributed by atoms with Gasteiger partial charge in [-0.3, -0.25) is 0 Å². The number of halogens is 1. The van der Waals surface area contributed by atoms with Gasteiger partial charge in [0.15, 0.2) is 5.96 Å². The van der Waals surface area contributed by atoms with Crippen molar-refractivity contribution in [1.82, 2.24) is 15.6 Å². The first-order valence-corrected chi connectivity index (χ1v) is 8.48. The Morgan fingerprint density at radius 3 is 2.75 bits per heavy atom. The van der Waals surface area contributed by atoms with E-state index in [4.69, 9.17) is 9.47 Å². The van der Waals surface area contributed by atoms with Gasteiger partial charge in [0.2, 0.25) is 5.88 Å². The Kier molecular flexibility index (Phi) is 14.7. The van der Waals surface area contributed by atoms with Crippen LogP contribution in [0.4, 0.5) is 0 Å². The third kappa shape index (κ3) is 9.92. The van der Waals surface area contributed by atoms with Crippen LogP contribution in [0.3, 0.4) is 0 Å². The number of rotatable bonds is 11. The maximum absolute atomic E-state index is 5.74. The topological polar surface area (TPSA) is 67.8 Å². The minimum absolute atomic E-state index is 0. The minimum atomic E-state index is 0. The predicted octanol–water partition coefficient (Wildman–Crippen LogP) is 2.97. The highest BCUT2D eigenvalue weighted by atomic mass is 127. The van der Waals surface area contributed by atoms with E-state index in [9.17, 15) is 0 Å². The van der Waals surface area contributed by atoms with E-state index < -0.39 is 0 Å². The molecular formula is C17H31IN4O2. The van der Waals surface area contributed by atoms with E-state index in [1.165, 1.54) is 0 Å². The zero-order valence-electron chi connectivity index (χ0n) is 15.0. The van der Waals surface area contributed by atoms with Crippen LogP contribution in [-0.2, 0) is 11.3 Å². The van der Waals surface area contributed by atoms with Crippen LogP contribution >= 0.6 is 24.0 Å². The van der Waals surface area contributed by atoms with Crippen molar-refractivity contribution in [3.63, 3.8) is 0 Å². The van der Waals surface area contributed by atoms with Crippen molar-refractivity contribution in [2.24, 2.45) is 4.99 Å². The maximum atomic E-state index is 5.74. The monoisotopic (exact) mass is 450 g/mol. The third-order valence-corrected chi connectivity index (χ3v) is 3.08. The van der Waals surface area contributed by atoms with Crippen LogP contribution < -0.4 is 15.4 Å². The molecule has 0 saturated carbocycles. The smallest absolute Gasteiger partial charge is 0.218 e. The summed E-state index contributed by atoms with van der Waals surface area (Å²) in [5.41, 5.74) is 0.991. The molecule has 1 rings (SSSR count). The Bertz CT molecular complexity index is 458. The molecule has 2 N–H and O–H groups in total. The summed E-state index contributed by atoms with van der Waals surface area (Å²) in [6.07, 6.45) is 3.88. The van der Waals surface area contributed by atoms with Gasteiger partial charge in [0.25, 0.3) is 0 Å². The lowest BCUT2D eigenvalue weighted by atomic mass is 10.3. The van der Waals surface area contributed by atoms with E-state index >= 15 is 0 Å². The van der Waals surface area contributed by atoms with Crippen LogP contribution in [-0.4, -0.2) is 43.9 Å². The average molecular weight is 450 g/mol. The second-order valence-electron chi connectivity index (χ2n) is 4.99. The SMILES string of the molecule is CCCCOc1ncccc1CN=C(NCC)NCCOCC.I. The van der Waals surface area contributed by atoms with Gasteiger partial charge in [0.05, 0.1) is 19.8 Å². The fourth-order valence-corrected chi connectivity index (χ4v) is 1.88. The fraction of sp³-hybridized carbons (Fsp3) is 0.647. The van der Waals surface area contributed by atoms with Gasteiger partial charge in [0, 0.05) is 31.5 Å². The van der Waals surface area contributed by atoms with E-state index in [1.54, 1.807) is 6.20 Å². The lowest BCUT2D eigenvalue weighted by Crippen LogP contribution is -2.39. The van der Waals surface area contributed by atoms with Crippen LogP contribution in [0.15, 0.2) is 23.3 Å². The molecule has 6 nitrogen and oxygen atoms in total. The van der Waals surface area contributed by atoms with Crippen LogP contribution in [0.5, 0.6) is 5.88 Å². The second kappa shape index (κ2) is 15.4. The number of nitrogens with one attached hydrogen (secondary N) is 2. The molecule has 0 aliphatic heterocycles.